The standard InChI is InChI=1S/C15H11Br/c1-2-12-4-3-5-14(10-12)11-13-6-8-15(16)9-7-13/h1,3-10H,11H2. The second kappa shape index (κ2) is 5.01. The third-order valence-corrected chi connectivity index (χ3v) is 2.94. The highest BCUT2D eigenvalue weighted by Gasteiger charge is 1.97. The van der Waals surface area contributed by atoms with Crippen molar-refractivity contribution < 1.29 is 0 Å². The van der Waals surface area contributed by atoms with Crippen LogP contribution in [0.5, 0.6) is 0 Å². The summed E-state index contributed by atoms with van der Waals surface area (Å²) >= 11 is 3.43. The van der Waals surface area contributed by atoms with Gasteiger partial charge in [-0.2, -0.15) is 0 Å². The Morgan fingerprint density at radius 2 is 1.75 bits per heavy atom. The summed E-state index contributed by atoms with van der Waals surface area (Å²) in [5, 5.41) is 0. The van der Waals surface area contributed by atoms with E-state index < -0.39 is 0 Å². The van der Waals surface area contributed by atoms with Gasteiger partial charge in [-0.3, -0.25) is 0 Å². The van der Waals surface area contributed by atoms with Crippen molar-refractivity contribution >= 4 is 15.9 Å². The largest absolute Gasteiger partial charge is 0.115 e. The predicted octanol–water partition coefficient (Wildman–Crippen LogP) is 4.02. The molecule has 16 heavy (non-hydrogen) atoms. The van der Waals surface area contributed by atoms with Gasteiger partial charge in [0.15, 0.2) is 0 Å². The van der Waals surface area contributed by atoms with Crippen LogP contribution in [0.2, 0.25) is 0 Å². The van der Waals surface area contributed by atoms with E-state index in [1.807, 2.05) is 12.1 Å². The van der Waals surface area contributed by atoms with Gasteiger partial charge in [-0.25, -0.2) is 0 Å². The molecule has 0 atom stereocenters. The van der Waals surface area contributed by atoms with Gasteiger partial charge in [-0.15, -0.1) is 6.42 Å². The summed E-state index contributed by atoms with van der Waals surface area (Å²) in [6.45, 7) is 0. The number of rotatable bonds is 2. The van der Waals surface area contributed by atoms with Gasteiger partial charge in [0, 0.05) is 10.0 Å². The van der Waals surface area contributed by atoms with E-state index in [0.29, 0.717) is 0 Å². The predicted molar refractivity (Wildman–Crippen MR) is 71.3 cm³/mol. The Morgan fingerprint density at radius 3 is 2.44 bits per heavy atom. The highest BCUT2D eigenvalue weighted by Crippen LogP contribution is 2.14. The molecule has 1 heteroatoms. The summed E-state index contributed by atoms with van der Waals surface area (Å²) < 4.78 is 1.11. The lowest BCUT2D eigenvalue weighted by molar-refractivity contribution is 1.19. The van der Waals surface area contributed by atoms with Crippen molar-refractivity contribution in [2.24, 2.45) is 0 Å². The van der Waals surface area contributed by atoms with Crippen LogP contribution in [0.15, 0.2) is 53.0 Å². The van der Waals surface area contributed by atoms with Crippen LogP contribution in [0.4, 0.5) is 0 Å². The average molecular weight is 271 g/mol. The molecule has 2 aromatic rings. The summed E-state index contributed by atoms with van der Waals surface area (Å²) in [6.07, 6.45) is 6.30. The van der Waals surface area contributed by atoms with Crippen LogP contribution in [0.1, 0.15) is 16.7 Å². The number of halogens is 1. The fourth-order valence-electron chi connectivity index (χ4n) is 1.61. The van der Waals surface area contributed by atoms with Crippen molar-refractivity contribution in [3.05, 3.63) is 69.7 Å². The number of hydrogen-bond acceptors (Lipinski definition) is 0. The van der Waals surface area contributed by atoms with E-state index in [9.17, 15) is 0 Å². The Balaban J connectivity index is 2.21. The van der Waals surface area contributed by atoms with Crippen LogP contribution in [-0.4, -0.2) is 0 Å². The van der Waals surface area contributed by atoms with Gasteiger partial charge in [0.1, 0.15) is 0 Å². The fourth-order valence-corrected chi connectivity index (χ4v) is 1.87. The molecule has 0 heterocycles. The van der Waals surface area contributed by atoms with Crippen molar-refractivity contribution in [3.8, 4) is 12.3 Å². The summed E-state index contributed by atoms with van der Waals surface area (Å²) in [5.41, 5.74) is 3.48. The molecule has 0 aliphatic heterocycles. The normalized spacial score (nSPS) is 9.75. The van der Waals surface area contributed by atoms with E-state index in [0.717, 1.165) is 16.5 Å². The van der Waals surface area contributed by atoms with E-state index in [4.69, 9.17) is 6.42 Å². The summed E-state index contributed by atoms with van der Waals surface area (Å²) in [6, 6.07) is 16.5. The molecular weight excluding hydrogens is 260 g/mol. The molecule has 0 aliphatic carbocycles. The molecule has 0 saturated carbocycles. The minimum absolute atomic E-state index is 0.919. The molecule has 0 unspecified atom stereocenters. The van der Waals surface area contributed by atoms with Gasteiger partial charge >= 0.3 is 0 Å². The maximum Gasteiger partial charge on any atom is 0.0245 e. The zero-order valence-corrected chi connectivity index (χ0v) is 10.4. The quantitative estimate of drug-likeness (QED) is 0.724. The molecule has 2 rings (SSSR count). The second-order valence-electron chi connectivity index (χ2n) is 3.65. The lowest BCUT2D eigenvalue weighted by Gasteiger charge is -2.02. The lowest BCUT2D eigenvalue weighted by atomic mass is 10.0. The first-order chi connectivity index (χ1) is 7.78. The Morgan fingerprint density at radius 1 is 1.00 bits per heavy atom. The van der Waals surface area contributed by atoms with Crippen LogP contribution < -0.4 is 0 Å². The smallest absolute Gasteiger partial charge is 0.0245 e. The maximum atomic E-state index is 5.38. The topological polar surface area (TPSA) is 0 Å². The van der Waals surface area contributed by atoms with Crippen LogP contribution >= 0.6 is 15.9 Å². The average Bonchev–Trinajstić information content (AvgIpc) is 2.32. The zero-order valence-electron chi connectivity index (χ0n) is 8.78. The van der Waals surface area contributed by atoms with Crippen LogP contribution in [-0.2, 0) is 6.42 Å². The molecule has 0 amide bonds. The molecule has 2 aromatic carbocycles. The summed E-state index contributed by atoms with van der Waals surface area (Å²) in [5.74, 6) is 2.65. The highest BCUT2D eigenvalue weighted by molar-refractivity contribution is 9.10. The Kier molecular flexibility index (Phi) is 3.44. The van der Waals surface area contributed by atoms with Gasteiger partial charge in [0.25, 0.3) is 0 Å². The van der Waals surface area contributed by atoms with Crippen molar-refractivity contribution in [3.63, 3.8) is 0 Å². The third-order valence-electron chi connectivity index (χ3n) is 2.42. The number of hydrogen-bond donors (Lipinski definition) is 0. The van der Waals surface area contributed by atoms with Crippen LogP contribution in [0.25, 0.3) is 0 Å². The minimum atomic E-state index is 0.919. The van der Waals surface area contributed by atoms with Crippen molar-refractivity contribution in [2.45, 2.75) is 6.42 Å². The van der Waals surface area contributed by atoms with Gasteiger partial charge < -0.3 is 0 Å². The molecule has 0 aromatic heterocycles. The van der Waals surface area contributed by atoms with Crippen molar-refractivity contribution in [1.29, 1.82) is 0 Å². The molecule has 0 N–H and O–H groups in total. The molecule has 0 aliphatic rings. The van der Waals surface area contributed by atoms with Gasteiger partial charge in [-0.05, 0) is 41.8 Å². The van der Waals surface area contributed by atoms with Crippen molar-refractivity contribution in [1.82, 2.24) is 0 Å². The highest BCUT2D eigenvalue weighted by atomic mass is 79.9. The molecule has 0 fully saturated rings. The SMILES string of the molecule is C#Cc1cccc(Cc2ccc(Br)cc2)c1. The van der Waals surface area contributed by atoms with Gasteiger partial charge in [-0.1, -0.05) is 46.1 Å². The first kappa shape index (κ1) is 11.0. The first-order valence-corrected chi connectivity index (χ1v) is 5.87. The molecular formula is C15H11Br. The molecule has 0 radical (unpaired) electrons. The monoisotopic (exact) mass is 270 g/mol. The summed E-state index contributed by atoms with van der Waals surface area (Å²) in [7, 11) is 0. The number of benzene rings is 2. The van der Waals surface area contributed by atoms with Crippen molar-refractivity contribution in [2.75, 3.05) is 0 Å². The Hall–Kier alpha value is -1.52. The summed E-state index contributed by atoms with van der Waals surface area (Å²) in [4.78, 5) is 0. The Bertz CT molecular complexity index is 518. The molecule has 0 bridgehead atoms. The molecule has 0 spiro atoms. The molecule has 78 valence electrons. The lowest BCUT2D eigenvalue weighted by Crippen LogP contribution is -1.88. The van der Waals surface area contributed by atoms with E-state index >= 15 is 0 Å². The van der Waals surface area contributed by atoms with E-state index in [1.165, 1.54) is 11.1 Å². The van der Waals surface area contributed by atoms with E-state index in [2.05, 4.69) is 58.2 Å². The molecule has 0 nitrogen and oxygen atoms in total. The second-order valence-corrected chi connectivity index (χ2v) is 4.56. The van der Waals surface area contributed by atoms with Crippen LogP contribution in [0, 0.1) is 12.3 Å². The van der Waals surface area contributed by atoms with Crippen LogP contribution in [0.3, 0.4) is 0 Å². The first-order valence-electron chi connectivity index (χ1n) is 5.08. The molecule has 0 saturated heterocycles. The Labute approximate surface area is 104 Å². The fraction of sp³-hybridized carbons (Fsp3) is 0.0667. The minimum Gasteiger partial charge on any atom is -0.115 e. The van der Waals surface area contributed by atoms with E-state index in [1.54, 1.807) is 0 Å². The maximum absolute atomic E-state index is 5.38. The van der Waals surface area contributed by atoms with Gasteiger partial charge in [0.05, 0.1) is 0 Å². The zero-order chi connectivity index (χ0) is 11.4. The van der Waals surface area contributed by atoms with Gasteiger partial charge in [0.2, 0.25) is 0 Å². The third kappa shape index (κ3) is 2.74. The number of terminal acetylenes is 1. The van der Waals surface area contributed by atoms with E-state index in [-0.39, 0.29) is 0 Å².